The van der Waals surface area contributed by atoms with E-state index in [0.717, 1.165) is 28.2 Å². The maximum Gasteiger partial charge on any atom is 0.302 e. The molecular weight excluding hydrogens is 424 g/mol. The van der Waals surface area contributed by atoms with Crippen molar-refractivity contribution in [3.05, 3.63) is 58.1 Å². The van der Waals surface area contributed by atoms with E-state index < -0.39 is 0 Å². The zero-order valence-corrected chi connectivity index (χ0v) is 18.6. The molecule has 2 aromatic carbocycles. The molecule has 1 fully saturated rings. The van der Waals surface area contributed by atoms with Crippen LogP contribution in [-0.2, 0) is 20.7 Å². The number of ether oxygens (including phenoxy) is 4. The standard InChI is InChI=1S/C23H25ClO5S/c1-14(25)28-18-12-21(29-23(13-18)30-2)16-4-5-19(24)17(11-16)9-15-3-6-20-22(10-15)27-8-7-26-20/h3-6,10-11,18,21,23H,7-9,12-13H2,1-2H3. The molecule has 0 aromatic heterocycles. The lowest BCUT2D eigenvalue weighted by atomic mass is 9.95. The number of carbonyl (C=O) groups is 1. The molecule has 0 bridgehead atoms. The van der Waals surface area contributed by atoms with Gasteiger partial charge in [-0.2, -0.15) is 0 Å². The zero-order valence-electron chi connectivity index (χ0n) is 17.1. The van der Waals surface area contributed by atoms with Crippen molar-refractivity contribution in [1.82, 2.24) is 0 Å². The SMILES string of the molecule is CSC1CC(OC(C)=O)CC(c2ccc(Cl)c(Cc3ccc4c(c3)OCCO4)c2)O1. The fraction of sp³-hybridized carbons (Fsp3) is 0.435. The molecule has 2 heterocycles. The first-order chi connectivity index (χ1) is 14.5. The first-order valence-electron chi connectivity index (χ1n) is 10.0. The van der Waals surface area contributed by atoms with Crippen molar-refractivity contribution < 1.29 is 23.7 Å². The molecule has 3 atom stereocenters. The monoisotopic (exact) mass is 448 g/mol. The Labute approximate surface area is 186 Å². The lowest BCUT2D eigenvalue weighted by Crippen LogP contribution is -2.32. The molecule has 0 spiro atoms. The molecule has 30 heavy (non-hydrogen) atoms. The fourth-order valence-electron chi connectivity index (χ4n) is 3.89. The lowest BCUT2D eigenvalue weighted by molar-refractivity contribution is -0.155. The highest BCUT2D eigenvalue weighted by Gasteiger charge is 2.32. The Hall–Kier alpha value is -1.89. The smallest absolute Gasteiger partial charge is 0.302 e. The van der Waals surface area contributed by atoms with Crippen molar-refractivity contribution in [1.29, 1.82) is 0 Å². The summed E-state index contributed by atoms with van der Waals surface area (Å²) in [6, 6.07) is 12.0. The third-order valence-electron chi connectivity index (χ3n) is 5.29. The van der Waals surface area contributed by atoms with Crippen LogP contribution in [0.3, 0.4) is 0 Å². The molecule has 7 heteroatoms. The van der Waals surface area contributed by atoms with Gasteiger partial charge in [-0.15, -0.1) is 11.8 Å². The molecule has 2 aliphatic rings. The third-order valence-corrected chi connectivity index (χ3v) is 6.48. The van der Waals surface area contributed by atoms with Crippen LogP contribution in [0, 0.1) is 0 Å². The Morgan fingerprint density at radius 2 is 1.93 bits per heavy atom. The normalized spacial score (nSPS) is 23.1. The van der Waals surface area contributed by atoms with Crippen LogP contribution >= 0.6 is 23.4 Å². The topological polar surface area (TPSA) is 54.0 Å². The molecule has 2 aliphatic heterocycles. The predicted octanol–water partition coefficient (Wildman–Crippen LogP) is 5.17. The van der Waals surface area contributed by atoms with E-state index in [9.17, 15) is 4.79 Å². The number of rotatable bonds is 5. The minimum atomic E-state index is -0.254. The summed E-state index contributed by atoms with van der Waals surface area (Å²) in [6.45, 7) is 2.59. The molecule has 2 aromatic rings. The van der Waals surface area contributed by atoms with E-state index >= 15 is 0 Å². The van der Waals surface area contributed by atoms with Gasteiger partial charge >= 0.3 is 5.97 Å². The minimum Gasteiger partial charge on any atom is -0.486 e. The third kappa shape index (κ3) is 5.05. The van der Waals surface area contributed by atoms with Gasteiger partial charge in [0.1, 0.15) is 24.8 Å². The second kappa shape index (κ2) is 9.50. The Balaban J connectivity index is 1.54. The molecule has 0 radical (unpaired) electrons. The fourth-order valence-corrected chi connectivity index (χ4v) is 4.73. The summed E-state index contributed by atoms with van der Waals surface area (Å²) >= 11 is 8.14. The van der Waals surface area contributed by atoms with Crippen LogP contribution in [0.5, 0.6) is 11.5 Å². The quantitative estimate of drug-likeness (QED) is 0.588. The van der Waals surface area contributed by atoms with Crippen molar-refractivity contribution in [3.8, 4) is 11.5 Å². The van der Waals surface area contributed by atoms with E-state index in [0.29, 0.717) is 37.5 Å². The van der Waals surface area contributed by atoms with E-state index in [1.54, 1.807) is 11.8 Å². The van der Waals surface area contributed by atoms with Gasteiger partial charge < -0.3 is 18.9 Å². The lowest BCUT2D eigenvalue weighted by Gasteiger charge is -2.34. The van der Waals surface area contributed by atoms with Gasteiger partial charge in [-0.05, 0) is 47.6 Å². The van der Waals surface area contributed by atoms with Gasteiger partial charge in [0, 0.05) is 24.8 Å². The van der Waals surface area contributed by atoms with Crippen molar-refractivity contribution in [2.45, 2.75) is 43.8 Å². The average molecular weight is 449 g/mol. The molecule has 3 unspecified atom stereocenters. The largest absolute Gasteiger partial charge is 0.486 e. The summed E-state index contributed by atoms with van der Waals surface area (Å²) in [5, 5.41) is 0.711. The van der Waals surface area contributed by atoms with Gasteiger partial charge in [0.15, 0.2) is 11.5 Å². The zero-order chi connectivity index (χ0) is 21.1. The highest BCUT2D eigenvalue weighted by molar-refractivity contribution is 7.99. The predicted molar refractivity (Wildman–Crippen MR) is 118 cm³/mol. The second-order valence-corrected chi connectivity index (χ2v) is 8.90. The molecule has 4 rings (SSSR count). The Kier molecular flexibility index (Phi) is 6.76. The van der Waals surface area contributed by atoms with Gasteiger partial charge in [-0.1, -0.05) is 29.8 Å². The van der Waals surface area contributed by atoms with Gasteiger partial charge in [0.25, 0.3) is 0 Å². The number of esters is 1. The molecule has 0 aliphatic carbocycles. The Morgan fingerprint density at radius 1 is 1.13 bits per heavy atom. The maximum atomic E-state index is 11.4. The van der Waals surface area contributed by atoms with Crippen LogP contribution in [0.15, 0.2) is 36.4 Å². The van der Waals surface area contributed by atoms with Crippen LogP contribution in [0.4, 0.5) is 0 Å². The van der Waals surface area contributed by atoms with Crippen LogP contribution < -0.4 is 9.47 Å². The van der Waals surface area contributed by atoms with E-state index in [4.69, 9.17) is 30.5 Å². The molecule has 5 nitrogen and oxygen atoms in total. The second-order valence-electron chi connectivity index (χ2n) is 7.50. The first kappa shape index (κ1) is 21.3. The van der Waals surface area contributed by atoms with Crippen LogP contribution in [0.1, 0.15) is 42.6 Å². The highest BCUT2D eigenvalue weighted by atomic mass is 35.5. The molecule has 0 amide bonds. The summed E-state index contributed by atoms with van der Waals surface area (Å²) in [6.07, 6.45) is 3.74. The molecular formula is C23H25ClO5S. The maximum absolute atomic E-state index is 11.4. The van der Waals surface area contributed by atoms with E-state index in [1.807, 2.05) is 36.6 Å². The van der Waals surface area contributed by atoms with Gasteiger partial charge in [-0.3, -0.25) is 4.79 Å². The number of carbonyl (C=O) groups excluding carboxylic acids is 1. The number of fused-ring (bicyclic) bond motifs is 1. The van der Waals surface area contributed by atoms with Crippen molar-refractivity contribution >= 4 is 29.3 Å². The van der Waals surface area contributed by atoms with Gasteiger partial charge in [0.2, 0.25) is 0 Å². The minimum absolute atomic E-state index is 0.00924. The first-order valence-corrected chi connectivity index (χ1v) is 11.7. The summed E-state index contributed by atoms with van der Waals surface area (Å²) in [5.74, 6) is 1.30. The number of benzene rings is 2. The van der Waals surface area contributed by atoms with E-state index in [-0.39, 0.29) is 23.6 Å². The highest BCUT2D eigenvalue weighted by Crippen LogP contribution is 2.38. The Morgan fingerprint density at radius 3 is 2.70 bits per heavy atom. The van der Waals surface area contributed by atoms with E-state index in [2.05, 4.69) is 6.07 Å². The average Bonchev–Trinajstić information content (AvgIpc) is 2.74. The van der Waals surface area contributed by atoms with Crippen LogP contribution in [-0.4, -0.2) is 37.0 Å². The van der Waals surface area contributed by atoms with Gasteiger partial charge in [0.05, 0.1) is 6.10 Å². The van der Waals surface area contributed by atoms with Crippen LogP contribution in [0.2, 0.25) is 5.02 Å². The molecule has 1 saturated heterocycles. The number of thioether (sulfide) groups is 1. The van der Waals surface area contributed by atoms with E-state index in [1.165, 1.54) is 6.92 Å². The molecule has 0 N–H and O–H groups in total. The number of hydrogen-bond donors (Lipinski definition) is 0. The molecule has 0 saturated carbocycles. The Bertz CT molecular complexity index is 918. The summed E-state index contributed by atoms with van der Waals surface area (Å²) in [7, 11) is 0. The number of hydrogen-bond acceptors (Lipinski definition) is 6. The number of halogens is 1. The summed E-state index contributed by atoms with van der Waals surface area (Å²) < 4.78 is 23.0. The summed E-state index contributed by atoms with van der Waals surface area (Å²) in [5.41, 5.74) is 3.15. The molecule has 160 valence electrons. The van der Waals surface area contributed by atoms with Crippen molar-refractivity contribution in [2.75, 3.05) is 19.5 Å². The van der Waals surface area contributed by atoms with Crippen LogP contribution in [0.25, 0.3) is 0 Å². The summed E-state index contributed by atoms with van der Waals surface area (Å²) in [4.78, 5) is 11.4. The van der Waals surface area contributed by atoms with Gasteiger partial charge in [-0.25, -0.2) is 0 Å². The van der Waals surface area contributed by atoms with Crippen molar-refractivity contribution in [2.24, 2.45) is 0 Å². The van der Waals surface area contributed by atoms with Crippen molar-refractivity contribution in [3.63, 3.8) is 0 Å².